The zero-order chi connectivity index (χ0) is 23.4. The van der Waals surface area contributed by atoms with Gasteiger partial charge in [0.25, 0.3) is 0 Å². The number of ether oxygens (including phenoxy) is 2. The van der Waals surface area contributed by atoms with Crippen LogP contribution in [0.3, 0.4) is 0 Å². The van der Waals surface area contributed by atoms with E-state index in [4.69, 9.17) is 9.47 Å². The van der Waals surface area contributed by atoms with Crippen LogP contribution in [0, 0.1) is 0 Å². The average Bonchev–Trinajstić information content (AvgIpc) is 2.76. The zero-order valence-electron chi connectivity index (χ0n) is 20.7. The van der Waals surface area contributed by atoms with E-state index in [-0.39, 0.29) is 30.0 Å². The largest absolute Gasteiger partial charge is 0.444 e. The first-order valence-electron chi connectivity index (χ1n) is 11.5. The molecule has 1 aliphatic rings. The molecule has 9 heteroatoms. The highest BCUT2D eigenvalue weighted by molar-refractivity contribution is 14.0. The van der Waals surface area contributed by atoms with E-state index < -0.39 is 11.7 Å². The molecule has 188 valence electrons. The molecule has 1 amide bonds. The van der Waals surface area contributed by atoms with Crippen LogP contribution >= 0.6 is 24.0 Å². The number of aliphatic imine (C=N–C) groups is 1. The van der Waals surface area contributed by atoms with E-state index >= 15 is 0 Å². The number of amides is 1. The minimum Gasteiger partial charge on any atom is -0.444 e. The van der Waals surface area contributed by atoms with Crippen molar-refractivity contribution >= 4 is 36.0 Å². The molecule has 0 saturated carbocycles. The van der Waals surface area contributed by atoms with Gasteiger partial charge in [0.1, 0.15) is 5.60 Å². The van der Waals surface area contributed by atoms with Gasteiger partial charge in [0.15, 0.2) is 5.96 Å². The minimum absolute atomic E-state index is 0. The van der Waals surface area contributed by atoms with Crippen molar-refractivity contribution in [2.75, 3.05) is 46.9 Å². The quantitative estimate of drug-likeness (QED) is 0.181. The molecule has 0 aromatic heterocycles. The van der Waals surface area contributed by atoms with Gasteiger partial charge in [0.2, 0.25) is 0 Å². The molecule has 33 heavy (non-hydrogen) atoms. The van der Waals surface area contributed by atoms with E-state index in [0.717, 1.165) is 57.0 Å². The van der Waals surface area contributed by atoms with Crippen LogP contribution in [-0.4, -0.2) is 75.5 Å². The fraction of sp³-hybridized carbons (Fsp3) is 0.667. The third-order valence-corrected chi connectivity index (χ3v) is 5.34. The highest BCUT2D eigenvalue weighted by atomic mass is 127. The smallest absolute Gasteiger partial charge is 0.408 e. The highest BCUT2D eigenvalue weighted by Crippen LogP contribution is 2.14. The number of hydrogen-bond donors (Lipinski definition) is 3. The predicted molar refractivity (Wildman–Crippen MR) is 144 cm³/mol. The first kappa shape index (κ1) is 29.4. The molecule has 8 nitrogen and oxygen atoms in total. The topological polar surface area (TPSA) is 87.2 Å². The summed E-state index contributed by atoms with van der Waals surface area (Å²) in [5.41, 5.74) is 0.458. The summed E-state index contributed by atoms with van der Waals surface area (Å²) in [6, 6.07) is 10.0. The van der Waals surface area contributed by atoms with Gasteiger partial charge in [-0.2, -0.15) is 0 Å². The Balaban J connectivity index is 0.00000544. The molecule has 1 aliphatic heterocycles. The second-order valence-electron chi connectivity index (χ2n) is 9.17. The van der Waals surface area contributed by atoms with Crippen LogP contribution in [0.2, 0.25) is 0 Å². The number of likely N-dealkylation sites (tertiary alicyclic amines) is 1. The van der Waals surface area contributed by atoms with Crippen molar-refractivity contribution in [2.24, 2.45) is 4.99 Å². The third-order valence-electron chi connectivity index (χ3n) is 5.34. The van der Waals surface area contributed by atoms with Crippen molar-refractivity contribution in [1.82, 2.24) is 20.9 Å². The van der Waals surface area contributed by atoms with E-state index in [1.54, 1.807) is 14.2 Å². The van der Waals surface area contributed by atoms with Crippen LogP contribution < -0.4 is 16.0 Å². The fourth-order valence-corrected chi connectivity index (χ4v) is 3.71. The summed E-state index contributed by atoms with van der Waals surface area (Å²) in [6.07, 6.45) is 2.79. The molecule has 0 spiro atoms. The van der Waals surface area contributed by atoms with Crippen molar-refractivity contribution in [1.29, 1.82) is 0 Å². The Morgan fingerprint density at radius 2 is 1.88 bits per heavy atom. The Bertz CT molecular complexity index is 704. The lowest BCUT2D eigenvalue weighted by atomic mass is 10.0. The molecule has 0 bridgehead atoms. The van der Waals surface area contributed by atoms with Gasteiger partial charge in [-0.3, -0.25) is 4.99 Å². The molecular formula is C24H42IN5O3. The summed E-state index contributed by atoms with van der Waals surface area (Å²) in [5.74, 6) is 0.745. The lowest BCUT2D eigenvalue weighted by molar-refractivity contribution is 0.0504. The maximum absolute atomic E-state index is 12.4. The average molecular weight is 576 g/mol. The second-order valence-corrected chi connectivity index (χ2v) is 9.17. The Morgan fingerprint density at radius 1 is 1.21 bits per heavy atom. The van der Waals surface area contributed by atoms with Crippen molar-refractivity contribution in [3.05, 3.63) is 35.9 Å². The van der Waals surface area contributed by atoms with Crippen molar-refractivity contribution in [3.63, 3.8) is 0 Å². The van der Waals surface area contributed by atoms with Gasteiger partial charge in [-0.05, 0) is 45.6 Å². The minimum atomic E-state index is -0.547. The van der Waals surface area contributed by atoms with Crippen molar-refractivity contribution in [3.8, 4) is 0 Å². The molecular weight excluding hydrogens is 533 g/mol. The van der Waals surface area contributed by atoms with Crippen LogP contribution in [-0.2, 0) is 9.47 Å². The molecule has 2 rings (SSSR count). The number of carbonyl (C=O) groups is 1. The number of nitrogens with one attached hydrogen (secondary N) is 3. The lowest BCUT2D eigenvalue weighted by Gasteiger charge is -2.33. The van der Waals surface area contributed by atoms with E-state index in [9.17, 15) is 4.79 Å². The van der Waals surface area contributed by atoms with E-state index in [1.165, 1.54) is 0 Å². The number of alkyl carbamates (subject to hydrolysis) is 1. The maximum atomic E-state index is 12.4. The van der Waals surface area contributed by atoms with Gasteiger partial charge >= 0.3 is 6.09 Å². The SMILES string of the molecule is CN=C(NCC(NC(=O)OC(C)(C)C)c1ccccc1)NC1CCN(CCCOC)CC1.I. The van der Waals surface area contributed by atoms with Gasteiger partial charge < -0.3 is 30.3 Å². The number of halogens is 1. The molecule has 3 N–H and O–H groups in total. The van der Waals surface area contributed by atoms with Crippen LogP contribution in [0.25, 0.3) is 0 Å². The first-order valence-corrected chi connectivity index (χ1v) is 11.5. The van der Waals surface area contributed by atoms with Crippen LogP contribution in [0.5, 0.6) is 0 Å². The summed E-state index contributed by atoms with van der Waals surface area (Å²) in [4.78, 5) is 19.3. The molecule has 1 aromatic carbocycles. The molecule has 1 atom stereocenters. The molecule has 1 aromatic rings. The molecule has 0 radical (unpaired) electrons. The first-order chi connectivity index (χ1) is 15.3. The maximum Gasteiger partial charge on any atom is 0.408 e. The van der Waals surface area contributed by atoms with Crippen molar-refractivity contribution < 1.29 is 14.3 Å². The third kappa shape index (κ3) is 11.9. The normalized spacial score (nSPS) is 16.5. The summed E-state index contributed by atoms with van der Waals surface area (Å²) in [6.45, 7) is 10.1. The number of guanidine groups is 1. The Kier molecular flexibility index (Phi) is 13.7. The standard InChI is InChI=1S/C24H41N5O3.HI/c1-24(2,3)32-23(30)28-21(19-10-7-6-8-11-19)18-26-22(25-4)27-20-12-15-29(16-13-20)14-9-17-31-5;/h6-8,10-11,20-21H,9,12-18H2,1-5H3,(H,28,30)(H2,25,26,27);1H. The van der Waals surface area contributed by atoms with Gasteiger partial charge in [0, 0.05) is 53.0 Å². The van der Waals surface area contributed by atoms with Gasteiger partial charge in [-0.25, -0.2) is 4.79 Å². The fourth-order valence-electron chi connectivity index (χ4n) is 3.71. The van der Waals surface area contributed by atoms with Gasteiger partial charge in [-0.15, -0.1) is 24.0 Å². The number of carbonyl (C=O) groups excluding carboxylic acids is 1. The van der Waals surface area contributed by atoms with Crippen molar-refractivity contribution in [2.45, 2.75) is 57.7 Å². The summed E-state index contributed by atoms with van der Waals surface area (Å²) in [7, 11) is 3.52. The predicted octanol–water partition coefficient (Wildman–Crippen LogP) is 3.54. The Hall–Kier alpha value is -1.59. The molecule has 1 unspecified atom stereocenters. The molecule has 0 aliphatic carbocycles. The van der Waals surface area contributed by atoms with Crippen LogP contribution in [0.15, 0.2) is 35.3 Å². The number of nitrogens with zero attached hydrogens (tertiary/aromatic N) is 2. The Morgan fingerprint density at radius 3 is 2.45 bits per heavy atom. The second kappa shape index (κ2) is 15.3. The van der Waals surface area contributed by atoms with Gasteiger partial charge in [0.05, 0.1) is 6.04 Å². The monoisotopic (exact) mass is 575 g/mol. The molecule has 1 fully saturated rings. The van der Waals surface area contributed by atoms with E-state index in [0.29, 0.717) is 12.6 Å². The van der Waals surface area contributed by atoms with Crippen LogP contribution in [0.1, 0.15) is 51.6 Å². The number of benzene rings is 1. The number of rotatable bonds is 9. The van der Waals surface area contributed by atoms with E-state index in [2.05, 4.69) is 25.8 Å². The van der Waals surface area contributed by atoms with Gasteiger partial charge in [-0.1, -0.05) is 30.3 Å². The number of methoxy groups -OCH3 is 1. The number of hydrogen-bond acceptors (Lipinski definition) is 5. The summed E-state index contributed by atoms with van der Waals surface area (Å²) in [5, 5.41) is 9.89. The van der Waals surface area contributed by atoms with Crippen LogP contribution in [0.4, 0.5) is 4.79 Å². The number of piperidine rings is 1. The summed E-state index contributed by atoms with van der Waals surface area (Å²) >= 11 is 0. The molecule has 1 heterocycles. The van der Waals surface area contributed by atoms with E-state index in [1.807, 2.05) is 51.1 Å². The summed E-state index contributed by atoms with van der Waals surface area (Å²) < 4.78 is 10.6. The zero-order valence-corrected chi connectivity index (χ0v) is 23.1. The molecule has 1 saturated heterocycles. The Labute approximate surface area is 216 Å². The highest BCUT2D eigenvalue weighted by Gasteiger charge is 2.22. The lowest BCUT2D eigenvalue weighted by Crippen LogP contribution is -2.50.